The molecule has 5 nitrogen and oxygen atoms in total. The number of hydrogen-bond donors (Lipinski definition) is 2. The molecule has 1 aliphatic carbocycles. The van der Waals surface area contributed by atoms with Crippen LogP contribution in [0.4, 0.5) is 13.2 Å². The van der Waals surface area contributed by atoms with E-state index in [2.05, 4.69) is 10.3 Å². The molecular formula is C25H24F3N3O2. The van der Waals surface area contributed by atoms with E-state index < -0.39 is 23.2 Å². The van der Waals surface area contributed by atoms with Crippen LogP contribution in [0.2, 0.25) is 0 Å². The third-order valence-corrected chi connectivity index (χ3v) is 7.32. The molecule has 2 aliphatic heterocycles. The number of nitrogens with zero attached hydrogens (tertiary/aromatic N) is 1. The maximum atomic E-state index is 14.6. The van der Waals surface area contributed by atoms with Gasteiger partial charge < -0.3 is 19.9 Å². The molecule has 0 bridgehead atoms. The highest BCUT2D eigenvalue weighted by Gasteiger charge is 2.53. The van der Waals surface area contributed by atoms with Gasteiger partial charge in [0.2, 0.25) is 5.91 Å². The predicted octanol–water partition coefficient (Wildman–Crippen LogP) is 4.11. The molecule has 1 saturated carbocycles. The quantitative estimate of drug-likeness (QED) is 0.623. The van der Waals surface area contributed by atoms with Gasteiger partial charge in [-0.25, -0.2) is 13.2 Å². The van der Waals surface area contributed by atoms with E-state index >= 15 is 0 Å². The van der Waals surface area contributed by atoms with Gasteiger partial charge in [-0.1, -0.05) is 6.07 Å². The summed E-state index contributed by atoms with van der Waals surface area (Å²) in [6, 6.07) is 7.33. The lowest BCUT2D eigenvalue weighted by Gasteiger charge is -2.42. The van der Waals surface area contributed by atoms with Crippen molar-refractivity contribution in [2.45, 2.75) is 44.1 Å². The molecule has 33 heavy (non-hydrogen) atoms. The average Bonchev–Trinajstić information content (AvgIpc) is 3.49. The Hall–Kier alpha value is -2.84. The molecule has 8 heteroatoms. The number of ether oxygens (including phenoxy) is 1. The highest BCUT2D eigenvalue weighted by molar-refractivity contribution is 5.86. The van der Waals surface area contributed by atoms with Gasteiger partial charge in [-0.15, -0.1) is 0 Å². The van der Waals surface area contributed by atoms with Gasteiger partial charge in [0.1, 0.15) is 11.4 Å². The predicted molar refractivity (Wildman–Crippen MR) is 116 cm³/mol. The summed E-state index contributed by atoms with van der Waals surface area (Å²) >= 11 is 0. The second-order valence-electron chi connectivity index (χ2n) is 9.28. The number of benzene rings is 2. The molecule has 3 aromatic rings. The monoisotopic (exact) mass is 455 g/mol. The average molecular weight is 455 g/mol. The summed E-state index contributed by atoms with van der Waals surface area (Å²) in [4.78, 5) is 18.9. The zero-order valence-electron chi connectivity index (χ0n) is 18.0. The van der Waals surface area contributed by atoms with Crippen LogP contribution >= 0.6 is 0 Å². The van der Waals surface area contributed by atoms with Crippen molar-refractivity contribution in [2.24, 2.45) is 5.92 Å². The first kappa shape index (κ1) is 20.7. The molecule has 2 atom stereocenters. The summed E-state index contributed by atoms with van der Waals surface area (Å²) in [5.41, 5.74) is 1.57. The van der Waals surface area contributed by atoms with Gasteiger partial charge in [0.25, 0.3) is 0 Å². The maximum Gasteiger partial charge on any atom is 0.230 e. The largest absolute Gasteiger partial charge is 0.365 e. The van der Waals surface area contributed by atoms with Crippen LogP contribution in [0.3, 0.4) is 0 Å². The van der Waals surface area contributed by atoms with E-state index in [0.29, 0.717) is 41.5 Å². The highest BCUT2D eigenvalue weighted by atomic mass is 19.2. The van der Waals surface area contributed by atoms with Gasteiger partial charge >= 0.3 is 0 Å². The van der Waals surface area contributed by atoms with E-state index in [1.165, 1.54) is 18.2 Å². The van der Waals surface area contributed by atoms with Crippen molar-refractivity contribution in [3.05, 3.63) is 70.7 Å². The number of halogens is 3. The first-order valence-electron chi connectivity index (χ1n) is 11.4. The number of piperidine rings is 1. The standard InChI is InChI=1S/C25H24F3N3O2/c26-19-2-1-3-22-23(19)15(10-30-22)12-31(16-4-5-16)24(32)18-11-29-7-6-25(18)17-9-21(28)20(27)8-14(17)13-33-25/h1-3,8-10,16,18,29-30H,4-7,11-13H2/t18-,25+/m1/s1. The van der Waals surface area contributed by atoms with Crippen LogP contribution in [-0.2, 0) is 28.3 Å². The molecule has 1 spiro atoms. The molecule has 2 fully saturated rings. The number of aromatic nitrogens is 1. The fourth-order valence-corrected chi connectivity index (χ4v) is 5.52. The molecule has 2 aromatic carbocycles. The maximum absolute atomic E-state index is 14.6. The number of carbonyl (C=O) groups is 1. The molecule has 1 aromatic heterocycles. The molecule has 0 radical (unpaired) electrons. The normalized spacial score (nSPS) is 24.4. The van der Waals surface area contributed by atoms with Crippen molar-refractivity contribution in [3.8, 4) is 0 Å². The molecular weight excluding hydrogens is 431 g/mol. The lowest BCUT2D eigenvalue weighted by Crippen LogP contribution is -2.55. The lowest BCUT2D eigenvalue weighted by molar-refractivity contribution is -0.157. The Morgan fingerprint density at radius 1 is 1.15 bits per heavy atom. The Morgan fingerprint density at radius 2 is 1.97 bits per heavy atom. The summed E-state index contributed by atoms with van der Waals surface area (Å²) in [7, 11) is 0. The number of fused-ring (bicyclic) bond motifs is 3. The van der Waals surface area contributed by atoms with Crippen molar-refractivity contribution >= 4 is 16.8 Å². The fraction of sp³-hybridized carbons (Fsp3) is 0.400. The van der Waals surface area contributed by atoms with Crippen LogP contribution in [0, 0.1) is 23.4 Å². The lowest BCUT2D eigenvalue weighted by atomic mass is 9.75. The van der Waals surface area contributed by atoms with Gasteiger partial charge in [0.15, 0.2) is 11.6 Å². The topological polar surface area (TPSA) is 57.4 Å². The molecule has 3 aliphatic rings. The van der Waals surface area contributed by atoms with E-state index in [9.17, 15) is 18.0 Å². The molecule has 2 N–H and O–H groups in total. The van der Waals surface area contributed by atoms with Crippen molar-refractivity contribution in [2.75, 3.05) is 13.1 Å². The van der Waals surface area contributed by atoms with Crippen LogP contribution in [0.1, 0.15) is 36.0 Å². The number of rotatable bonds is 4. The number of nitrogens with one attached hydrogen (secondary N) is 2. The van der Waals surface area contributed by atoms with Crippen molar-refractivity contribution in [3.63, 3.8) is 0 Å². The van der Waals surface area contributed by atoms with E-state index in [-0.39, 0.29) is 30.9 Å². The SMILES string of the molecule is O=C([C@H]1CNCC[C@@]12OCc1cc(F)c(F)cc12)N(Cc1c[nH]c2cccc(F)c12)C1CC1. The van der Waals surface area contributed by atoms with Crippen LogP contribution in [-0.4, -0.2) is 34.9 Å². The van der Waals surface area contributed by atoms with Gasteiger partial charge in [-0.05, 0) is 66.8 Å². The molecule has 0 unspecified atom stereocenters. The molecule has 1 saturated heterocycles. The van der Waals surface area contributed by atoms with Crippen molar-refractivity contribution in [1.29, 1.82) is 0 Å². The first-order chi connectivity index (χ1) is 16.0. The Balaban J connectivity index is 1.37. The van der Waals surface area contributed by atoms with Crippen LogP contribution in [0.25, 0.3) is 10.9 Å². The summed E-state index contributed by atoms with van der Waals surface area (Å²) < 4.78 is 48.8. The third kappa shape index (κ3) is 3.27. The smallest absolute Gasteiger partial charge is 0.230 e. The van der Waals surface area contributed by atoms with Gasteiger partial charge in [0, 0.05) is 36.2 Å². The number of aromatic amines is 1. The summed E-state index contributed by atoms with van der Waals surface area (Å²) in [6.07, 6.45) is 4.02. The fourth-order valence-electron chi connectivity index (χ4n) is 5.52. The Labute approximate surface area is 188 Å². The minimum Gasteiger partial charge on any atom is -0.365 e. The summed E-state index contributed by atoms with van der Waals surface area (Å²) in [5.74, 6) is -2.86. The molecule has 1 amide bonds. The summed E-state index contributed by atoms with van der Waals surface area (Å²) in [5, 5.41) is 3.77. The number of carbonyl (C=O) groups excluding carboxylic acids is 1. The number of H-pyrrole nitrogens is 1. The molecule has 3 heterocycles. The Bertz CT molecular complexity index is 1260. The Kier molecular flexibility index (Phi) is 4.78. The van der Waals surface area contributed by atoms with E-state index in [4.69, 9.17) is 4.74 Å². The van der Waals surface area contributed by atoms with Crippen molar-refractivity contribution in [1.82, 2.24) is 15.2 Å². The minimum atomic E-state index is -0.995. The van der Waals surface area contributed by atoms with E-state index in [0.717, 1.165) is 18.4 Å². The van der Waals surface area contributed by atoms with Crippen LogP contribution < -0.4 is 5.32 Å². The first-order valence-corrected chi connectivity index (χ1v) is 11.4. The van der Waals surface area contributed by atoms with E-state index in [1.807, 2.05) is 11.0 Å². The van der Waals surface area contributed by atoms with Gasteiger partial charge in [0.05, 0.1) is 12.5 Å². The zero-order chi connectivity index (χ0) is 22.7. The van der Waals surface area contributed by atoms with Crippen LogP contribution in [0.5, 0.6) is 0 Å². The van der Waals surface area contributed by atoms with Crippen molar-refractivity contribution < 1.29 is 22.7 Å². The minimum absolute atomic E-state index is 0.0824. The Morgan fingerprint density at radius 3 is 2.79 bits per heavy atom. The van der Waals surface area contributed by atoms with Crippen LogP contribution in [0.15, 0.2) is 36.5 Å². The van der Waals surface area contributed by atoms with Gasteiger partial charge in [-0.2, -0.15) is 0 Å². The van der Waals surface area contributed by atoms with Gasteiger partial charge in [-0.3, -0.25) is 4.79 Å². The van der Waals surface area contributed by atoms with E-state index in [1.54, 1.807) is 12.3 Å². The zero-order valence-corrected chi connectivity index (χ0v) is 18.0. The third-order valence-electron chi connectivity index (χ3n) is 7.32. The summed E-state index contributed by atoms with van der Waals surface area (Å²) in [6.45, 7) is 1.41. The highest BCUT2D eigenvalue weighted by Crippen LogP contribution is 2.48. The molecule has 6 rings (SSSR count). The second-order valence-corrected chi connectivity index (χ2v) is 9.28. The number of amides is 1. The number of hydrogen-bond acceptors (Lipinski definition) is 3. The molecule has 172 valence electrons. The second kappa shape index (κ2) is 7.60.